The fraction of sp³-hybridized carbons (Fsp3) is 0.263. The Bertz CT molecular complexity index is 1220. The van der Waals surface area contributed by atoms with Crippen LogP contribution in [-0.2, 0) is 6.50 Å². The first-order valence-corrected chi connectivity index (χ1v) is 8.50. The second kappa shape index (κ2) is 8.25. The molecule has 3 N–H and O–H groups in total. The van der Waals surface area contributed by atoms with Gasteiger partial charge in [-0.05, 0) is 32.0 Å². The van der Waals surface area contributed by atoms with Crippen LogP contribution in [0.25, 0.3) is 16.1 Å². The molecule has 144 valence electrons. The van der Waals surface area contributed by atoms with E-state index in [9.17, 15) is 9.90 Å². The molecule has 0 radical (unpaired) electrons. The highest BCUT2D eigenvalue weighted by Crippen LogP contribution is 2.29. The van der Waals surface area contributed by atoms with Gasteiger partial charge in [0, 0.05) is 26.9 Å². The van der Waals surface area contributed by atoms with Crippen molar-refractivity contribution in [2.75, 3.05) is 0 Å². The van der Waals surface area contributed by atoms with Crippen LogP contribution in [0.2, 0.25) is 5.02 Å². The number of H-pyrrole nitrogens is 1. The predicted octanol–water partition coefficient (Wildman–Crippen LogP) is 3.35. The van der Waals surface area contributed by atoms with Crippen LogP contribution in [0.3, 0.4) is 0 Å². The van der Waals surface area contributed by atoms with E-state index in [0.29, 0.717) is 16.9 Å². The number of aliphatic hydroxyl groups is 1. The van der Waals surface area contributed by atoms with E-state index in [1.165, 1.54) is 13.1 Å². The van der Waals surface area contributed by atoms with Crippen molar-refractivity contribution in [1.29, 1.82) is 0 Å². The molecule has 0 saturated heterocycles. The fourth-order valence-electron chi connectivity index (χ4n) is 2.40. The predicted molar refractivity (Wildman–Crippen MR) is 105 cm³/mol. The maximum Gasteiger partial charge on any atom is 0.272 e. The summed E-state index contributed by atoms with van der Waals surface area (Å²) in [6.45, 7) is 3.65. The number of nitrogens with zero attached hydrogens (tertiary/aromatic N) is 4. The lowest BCUT2D eigenvalue weighted by atomic mass is 10.1. The topological polar surface area (TPSA) is 100 Å². The van der Waals surface area contributed by atoms with Crippen molar-refractivity contribution in [3.05, 3.63) is 64.4 Å². The van der Waals surface area contributed by atoms with E-state index in [2.05, 4.69) is 25.5 Å². The summed E-state index contributed by atoms with van der Waals surface area (Å²) in [6, 6.07) is 6.35. The molecule has 3 aromatic rings. The SMILES string of the molecule is [2H]C([2H])([2H])C(O)c1cc(C(=O)N[C@@H](C)C([2H])([2H])n2ccc(-c3ccc([N+]#[C-])c(Cl)c3)n2)n[nH]1. The molecule has 28 heavy (non-hydrogen) atoms. The van der Waals surface area contributed by atoms with Crippen molar-refractivity contribution >= 4 is 23.2 Å². The largest absolute Gasteiger partial charge is 0.387 e. The van der Waals surface area contributed by atoms with Crippen molar-refractivity contribution in [3.63, 3.8) is 0 Å². The summed E-state index contributed by atoms with van der Waals surface area (Å²) in [5.41, 5.74) is 0.948. The highest BCUT2D eigenvalue weighted by atomic mass is 35.5. The lowest BCUT2D eigenvalue weighted by molar-refractivity contribution is 0.0931. The van der Waals surface area contributed by atoms with Crippen molar-refractivity contribution < 1.29 is 16.8 Å². The van der Waals surface area contributed by atoms with Crippen LogP contribution >= 0.6 is 11.6 Å². The molecular weight excluding hydrogens is 380 g/mol. The average molecular weight is 404 g/mol. The highest BCUT2D eigenvalue weighted by Gasteiger charge is 2.16. The number of aromatic amines is 1. The molecule has 1 amide bonds. The Hall–Kier alpha value is -3.15. The van der Waals surface area contributed by atoms with Crippen LogP contribution in [-0.4, -0.2) is 37.0 Å². The third kappa shape index (κ3) is 4.39. The zero-order valence-electron chi connectivity index (χ0n) is 19.6. The average Bonchev–Trinajstić information content (AvgIpc) is 3.42. The third-order valence-corrected chi connectivity index (χ3v) is 4.05. The van der Waals surface area contributed by atoms with Crippen LogP contribution < -0.4 is 5.32 Å². The van der Waals surface area contributed by atoms with Gasteiger partial charge >= 0.3 is 0 Å². The Morgan fingerprint density at radius 3 is 3.07 bits per heavy atom. The molecule has 2 aromatic heterocycles. The van der Waals surface area contributed by atoms with Crippen LogP contribution in [0.15, 0.2) is 36.5 Å². The molecule has 0 fully saturated rings. The first-order chi connectivity index (χ1) is 15.3. The van der Waals surface area contributed by atoms with Gasteiger partial charge in [-0.1, -0.05) is 23.7 Å². The molecule has 9 heteroatoms. The Morgan fingerprint density at radius 1 is 1.54 bits per heavy atom. The minimum Gasteiger partial charge on any atom is -0.387 e. The minimum atomic E-state index is -2.69. The summed E-state index contributed by atoms with van der Waals surface area (Å²) in [7, 11) is 0. The molecule has 1 unspecified atom stereocenters. The van der Waals surface area contributed by atoms with Gasteiger partial charge in [0.1, 0.15) is 5.69 Å². The number of halogens is 1. The van der Waals surface area contributed by atoms with Crippen LogP contribution in [0.5, 0.6) is 0 Å². The standard InChI is InChI=1S/C19H19ClN6O2/c1-11(22-19(28)18-9-17(12(2)27)23-24-18)10-26-7-6-15(25-26)13-4-5-16(21-3)14(20)8-13/h4-9,11-12,27H,10H2,1-2H3,(H,22,28)(H,23,24)/t11-,12?/m0/s1/i2D3,10D2. The molecule has 3 rings (SSSR count). The number of benzene rings is 1. The lowest BCUT2D eigenvalue weighted by Gasteiger charge is -2.13. The first kappa shape index (κ1) is 13.9. The number of rotatable bonds is 6. The van der Waals surface area contributed by atoms with Gasteiger partial charge in [-0.25, -0.2) is 4.85 Å². The Labute approximate surface area is 174 Å². The van der Waals surface area contributed by atoms with Gasteiger partial charge in [0.2, 0.25) is 5.69 Å². The zero-order chi connectivity index (χ0) is 24.6. The Morgan fingerprint density at radius 2 is 2.36 bits per heavy atom. The summed E-state index contributed by atoms with van der Waals surface area (Å²) in [5.74, 6) is -0.763. The number of aliphatic hydroxyl groups excluding tert-OH is 1. The quantitative estimate of drug-likeness (QED) is 0.549. The smallest absolute Gasteiger partial charge is 0.272 e. The van der Waals surface area contributed by atoms with E-state index >= 15 is 0 Å². The Kier molecular flexibility index (Phi) is 4.11. The molecule has 0 aliphatic rings. The van der Waals surface area contributed by atoms with Gasteiger partial charge in [0.25, 0.3) is 5.91 Å². The normalized spacial score (nSPS) is 16.6. The third-order valence-electron chi connectivity index (χ3n) is 3.75. The molecule has 8 nitrogen and oxygen atoms in total. The van der Waals surface area contributed by atoms with Crippen molar-refractivity contribution in [3.8, 4) is 11.3 Å². The van der Waals surface area contributed by atoms with E-state index < -0.39 is 31.4 Å². The molecule has 0 bridgehead atoms. The van der Waals surface area contributed by atoms with Crippen LogP contribution in [0.4, 0.5) is 5.69 Å². The summed E-state index contributed by atoms with van der Waals surface area (Å²) >= 11 is 6.06. The molecule has 0 saturated carbocycles. The van der Waals surface area contributed by atoms with Gasteiger partial charge in [-0.15, -0.1) is 0 Å². The van der Waals surface area contributed by atoms with E-state index in [1.54, 1.807) is 24.3 Å². The number of nitrogens with one attached hydrogen (secondary N) is 2. The number of aromatic nitrogens is 4. The lowest BCUT2D eigenvalue weighted by Crippen LogP contribution is -2.36. The number of hydrogen-bond donors (Lipinski definition) is 3. The van der Waals surface area contributed by atoms with Gasteiger partial charge in [0.05, 0.1) is 33.3 Å². The van der Waals surface area contributed by atoms with Crippen molar-refractivity contribution in [1.82, 2.24) is 25.3 Å². The van der Waals surface area contributed by atoms with Crippen molar-refractivity contribution in [2.24, 2.45) is 0 Å². The van der Waals surface area contributed by atoms with E-state index in [4.69, 9.17) is 25.0 Å². The van der Waals surface area contributed by atoms with E-state index in [-0.39, 0.29) is 16.4 Å². The molecule has 0 aliphatic heterocycles. The Balaban J connectivity index is 1.75. The van der Waals surface area contributed by atoms with E-state index in [0.717, 1.165) is 10.7 Å². The second-order valence-corrected chi connectivity index (χ2v) is 6.27. The fourth-order valence-corrected chi connectivity index (χ4v) is 2.62. The number of hydrogen-bond acceptors (Lipinski definition) is 4. The number of amides is 1. The highest BCUT2D eigenvalue weighted by molar-refractivity contribution is 6.33. The summed E-state index contributed by atoms with van der Waals surface area (Å²) in [6.07, 6.45) is -0.427. The maximum atomic E-state index is 12.5. The summed E-state index contributed by atoms with van der Waals surface area (Å²) < 4.78 is 39.6. The minimum absolute atomic E-state index is 0.157. The molecule has 0 aliphatic carbocycles. The van der Waals surface area contributed by atoms with E-state index in [1.807, 2.05) is 0 Å². The molecule has 1 aromatic carbocycles. The molecule has 0 spiro atoms. The van der Waals surface area contributed by atoms with Crippen LogP contribution in [0.1, 0.15) is 42.9 Å². The van der Waals surface area contributed by atoms with Gasteiger partial charge in [0.15, 0.2) is 0 Å². The second-order valence-electron chi connectivity index (χ2n) is 5.86. The number of carbonyl (C=O) groups excluding carboxylic acids is 1. The first-order valence-electron chi connectivity index (χ1n) is 10.6. The van der Waals surface area contributed by atoms with Gasteiger partial charge in [-0.3, -0.25) is 14.6 Å². The maximum absolute atomic E-state index is 12.5. The monoisotopic (exact) mass is 403 g/mol. The molecule has 2 heterocycles. The zero-order valence-corrected chi connectivity index (χ0v) is 15.4. The molecule has 2 atom stereocenters. The number of carbonyl (C=O) groups is 1. The van der Waals surface area contributed by atoms with Crippen molar-refractivity contribution in [2.45, 2.75) is 32.4 Å². The molecular formula is C19H19ClN6O2. The van der Waals surface area contributed by atoms with Gasteiger partial charge < -0.3 is 10.4 Å². The van der Waals surface area contributed by atoms with Gasteiger partial charge in [-0.2, -0.15) is 10.2 Å². The van der Waals surface area contributed by atoms with Crippen LogP contribution in [0, 0.1) is 6.57 Å². The summed E-state index contributed by atoms with van der Waals surface area (Å²) in [5, 5.41) is 22.8. The summed E-state index contributed by atoms with van der Waals surface area (Å²) in [4.78, 5) is 15.8.